The Bertz CT molecular complexity index is 1020. The molecule has 0 bridgehead atoms. The van der Waals surface area contributed by atoms with Crippen LogP contribution < -0.4 is 0 Å². The summed E-state index contributed by atoms with van der Waals surface area (Å²) >= 11 is 0. The summed E-state index contributed by atoms with van der Waals surface area (Å²) in [6.45, 7) is 0. The summed E-state index contributed by atoms with van der Waals surface area (Å²) in [4.78, 5) is 16.7. The fraction of sp³-hybridized carbons (Fsp3) is 0.143. The molecule has 4 rings (SSSR count). The zero-order valence-corrected chi connectivity index (χ0v) is 13.6. The van der Waals surface area contributed by atoms with Gasteiger partial charge in [-0.05, 0) is 60.2 Å². The van der Waals surface area contributed by atoms with Gasteiger partial charge in [0.2, 0.25) is 0 Å². The van der Waals surface area contributed by atoms with Crippen molar-refractivity contribution in [1.82, 2.24) is 4.98 Å². The van der Waals surface area contributed by atoms with Crippen LogP contribution in [0.3, 0.4) is 0 Å². The van der Waals surface area contributed by atoms with Crippen molar-refractivity contribution in [2.24, 2.45) is 0 Å². The molecule has 124 valence electrons. The average molecular weight is 331 g/mol. The third-order valence-corrected chi connectivity index (χ3v) is 4.60. The third kappa shape index (κ3) is 2.76. The van der Waals surface area contributed by atoms with Gasteiger partial charge in [0.15, 0.2) is 0 Å². The molecule has 1 aliphatic carbocycles. The van der Waals surface area contributed by atoms with Crippen molar-refractivity contribution in [3.05, 3.63) is 70.9 Å². The topological polar surface area (TPSA) is 70.4 Å². The number of hydrogen-bond acceptors (Lipinski definition) is 3. The van der Waals surface area contributed by atoms with Crippen LogP contribution in [-0.4, -0.2) is 21.2 Å². The predicted molar refractivity (Wildman–Crippen MR) is 97.6 cm³/mol. The second-order valence-corrected chi connectivity index (χ2v) is 6.25. The van der Waals surface area contributed by atoms with E-state index >= 15 is 0 Å². The Morgan fingerprint density at radius 1 is 1.08 bits per heavy atom. The highest BCUT2D eigenvalue weighted by molar-refractivity contribution is 6.05. The maximum atomic E-state index is 11.9. The van der Waals surface area contributed by atoms with Gasteiger partial charge in [0.1, 0.15) is 5.75 Å². The lowest BCUT2D eigenvalue weighted by Crippen LogP contribution is -2.13. The maximum absolute atomic E-state index is 11.9. The number of phenols is 1. The van der Waals surface area contributed by atoms with Gasteiger partial charge < -0.3 is 10.2 Å². The van der Waals surface area contributed by atoms with Gasteiger partial charge in [-0.2, -0.15) is 0 Å². The van der Waals surface area contributed by atoms with Crippen LogP contribution in [0, 0.1) is 0 Å². The van der Waals surface area contributed by atoms with E-state index in [0.29, 0.717) is 22.9 Å². The largest absolute Gasteiger partial charge is 0.508 e. The summed E-state index contributed by atoms with van der Waals surface area (Å²) in [6.07, 6.45) is 4.43. The standard InChI is InChI=1S/C21H17NO3/c23-15-7-3-5-13(12-15)11-14-6-4-9-17-19(21(24)25)16-8-1-2-10-18(16)22-20(14)17/h1-3,5,7-8,10-12,23H,4,6,9H2,(H,24,25)/b14-11+. The highest BCUT2D eigenvalue weighted by Gasteiger charge is 2.24. The van der Waals surface area contributed by atoms with E-state index in [1.165, 1.54) is 0 Å². The number of pyridine rings is 1. The molecule has 0 atom stereocenters. The molecule has 4 heteroatoms. The summed E-state index contributed by atoms with van der Waals surface area (Å²) in [7, 11) is 0. The van der Waals surface area contributed by atoms with Crippen molar-refractivity contribution < 1.29 is 15.0 Å². The van der Waals surface area contributed by atoms with Crippen molar-refractivity contribution in [3.63, 3.8) is 0 Å². The van der Waals surface area contributed by atoms with Crippen molar-refractivity contribution in [2.45, 2.75) is 19.3 Å². The number of nitrogens with zero attached hydrogens (tertiary/aromatic N) is 1. The monoisotopic (exact) mass is 331 g/mol. The minimum atomic E-state index is -0.909. The van der Waals surface area contributed by atoms with E-state index in [-0.39, 0.29) is 5.75 Å². The van der Waals surface area contributed by atoms with E-state index < -0.39 is 5.97 Å². The third-order valence-electron chi connectivity index (χ3n) is 4.60. The Morgan fingerprint density at radius 2 is 1.92 bits per heavy atom. The number of carboxylic acids is 1. The number of para-hydroxylation sites is 1. The molecular formula is C21H17NO3. The number of allylic oxidation sites excluding steroid dienone is 1. The molecule has 0 spiro atoms. The number of phenolic OH excluding ortho intramolecular Hbond substituents is 1. The number of carboxylic acid groups (broad SMARTS) is 1. The van der Waals surface area contributed by atoms with Crippen LogP contribution >= 0.6 is 0 Å². The lowest BCUT2D eigenvalue weighted by atomic mass is 9.86. The minimum Gasteiger partial charge on any atom is -0.508 e. The number of aromatic nitrogens is 1. The lowest BCUT2D eigenvalue weighted by Gasteiger charge is -2.21. The van der Waals surface area contributed by atoms with Crippen LogP contribution in [0.4, 0.5) is 0 Å². The van der Waals surface area contributed by atoms with E-state index in [4.69, 9.17) is 4.98 Å². The van der Waals surface area contributed by atoms with Crippen LogP contribution in [0.5, 0.6) is 5.75 Å². The Labute approximate surface area is 145 Å². The number of fused-ring (bicyclic) bond motifs is 2. The lowest BCUT2D eigenvalue weighted by molar-refractivity contribution is 0.0697. The van der Waals surface area contributed by atoms with Crippen LogP contribution in [0.1, 0.15) is 40.0 Å². The molecule has 25 heavy (non-hydrogen) atoms. The van der Waals surface area contributed by atoms with Gasteiger partial charge in [0, 0.05) is 5.39 Å². The smallest absolute Gasteiger partial charge is 0.336 e. The summed E-state index contributed by atoms with van der Waals surface area (Å²) in [5, 5.41) is 20.1. The molecule has 1 heterocycles. The molecule has 0 saturated carbocycles. The van der Waals surface area contributed by atoms with Gasteiger partial charge in [-0.3, -0.25) is 0 Å². The SMILES string of the molecule is O=C(O)c1c2c(nc3ccccc13)/C(=C/c1cccc(O)c1)CCC2. The fourth-order valence-corrected chi connectivity index (χ4v) is 3.54. The number of hydrogen-bond donors (Lipinski definition) is 2. The van der Waals surface area contributed by atoms with Gasteiger partial charge >= 0.3 is 5.97 Å². The predicted octanol–water partition coefficient (Wildman–Crippen LogP) is 4.52. The Balaban J connectivity index is 1.97. The Morgan fingerprint density at radius 3 is 2.72 bits per heavy atom. The first-order valence-corrected chi connectivity index (χ1v) is 8.28. The second kappa shape index (κ2) is 6.06. The van der Waals surface area contributed by atoms with Crippen LogP contribution in [0.25, 0.3) is 22.6 Å². The molecule has 0 radical (unpaired) electrons. The highest BCUT2D eigenvalue weighted by Crippen LogP contribution is 2.36. The summed E-state index contributed by atoms with van der Waals surface area (Å²) in [5.74, 6) is -0.698. The summed E-state index contributed by atoms with van der Waals surface area (Å²) in [5.41, 5.74) is 4.54. The number of aromatic carboxylic acids is 1. The number of aromatic hydroxyl groups is 1. The quantitative estimate of drug-likeness (QED) is 0.724. The highest BCUT2D eigenvalue weighted by atomic mass is 16.4. The van der Waals surface area contributed by atoms with Crippen molar-refractivity contribution in [1.29, 1.82) is 0 Å². The zero-order valence-electron chi connectivity index (χ0n) is 13.6. The van der Waals surface area contributed by atoms with Crippen molar-refractivity contribution in [2.75, 3.05) is 0 Å². The van der Waals surface area contributed by atoms with E-state index in [2.05, 4.69) is 0 Å². The molecule has 1 aromatic heterocycles. The molecule has 0 unspecified atom stereocenters. The van der Waals surface area contributed by atoms with Gasteiger partial charge in [-0.1, -0.05) is 30.3 Å². The van der Waals surface area contributed by atoms with E-state index in [1.54, 1.807) is 18.2 Å². The van der Waals surface area contributed by atoms with Gasteiger partial charge in [-0.25, -0.2) is 9.78 Å². The van der Waals surface area contributed by atoms with E-state index in [9.17, 15) is 15.0 Å². The van der Waals surface area contributed by atoms with Gasteiger partial charge in [0.05, 0.1) is 16.8 Å². The van der Waals surface area contributed by atoms with Crippen LogP contribution in [0.2, 0.25) is 0 Å². The molecule has 0 saturated heterocycles. The number of rotatable bonds is 2. The first-order valence-electron chi connectivity index (χ1n) is 8.28. The first-order chi connectivity index (χ1) is 12.1. The van der Waals surface area contributed by atoms with Gasteiger partial charge in [-0.15, -0.1) is 0 Å². The molecule has 2 N–H and O–H groups in total. The molecule has 2 aromatic carbocycles. The molecular weight excluding hydrogens is 314 g/mol. The molecule has 0 aliphatic heterocycles. The normalized spacial score (nSPS) is 15.3. The Hall–Kier alpha value is -3.14. The van der Waals surface area contributed by atoms with Crippen LogP contribution in [-0.2, 0) is 6.42 Å². The molecule has 4 nitrogen and oxygen atoms in total. The summed E-state index contributed by atoms with van der Waals surface area (Å²) < 4.78 is 0. The summed E-state index contributed by atoms with van der Waals surface area (Å²) in [6, 6.07) is 14.4. The van der Waals surface area contributed by atoms with Crippen molar-refractivity contribution >= 4 is 28.5 Å². The van der Waals surface area contributed by atoms with E-state index in [0.717, 1.165) is 35.2 Å². The number of benzene rings is 2. The molecule has 0 amide bonds. The van der Waals surface area contributed by atoms with Crippen molar-refractivity contribution in [3.8, 4) is 5.75 Å². The van der Waals surface area contributed by atoms with Crippen LogP contribution in [0.15, 0.2) is 48.5 Å². The average Bonchev–Trinajstić information content (AvgIpc) is 2.60. The molecule has 3 aromatic rings. The van der Waals surface area contributed by atoms with E-state index in [1.807, 2.05) is 36.4 Å². The second-order valence-electron chi connectivity index (χ2n) is 6.25. The Kier molecular flexibility index (Phi) is 3.73. The van der Waals surface area contributed by atoms with Gasteiger partial charge in [0.25, 0.3) is 0 Å². The minimum absolute atomic E-state index is 0.211. The zero-order chi connectivity index (χ0) is 17.4. The first kappa shape index (κ1) is 15.4. The molecule has 1 aliphatic rings. The maximum Gasteiger partial charge on any atom is 0.336 e. The number of carbonyl (C=O) groups is 1. The fourth-order valence-electron chi connectivity index (χ4n) is 3.54. The molecule has 0 fully saturated rings.